The van der Waals surface area contributed by atoms with Gasteiger partial charge in [-0.15, -0.1) is 0 Å². The lowest BCUT2D eigenvalue weighted by molar-refractivity contribution is 0.0939. The van der Waals surface area contributed by atoms with E-state index < -0.39 is 21.7 Å². The Morgan fingerprint density at radius 1 is 1.17 bits per heavy atom. The summed E-state index contributed by atoms with van der Waals surface area (Å²) >= 11 is 0. The molecule has 1 atom stereocenters. The van der Waals surface area contributed by atoms with Gasteiger partial charge in [0, 0.05) is 17.7 Å². The Bertz CT molecular complexity index is 1010. The molecule has 0 radical (unpaired) electrons. The third-order valence-electron chi connectivity index (χ3n) is 4.68. The zero-order valence-electron chi connectivity index (χ0n) is 17.7. The number of nitrogens with one attached hydrogen (secondary N) is 1. The highest BCUT2D eigenvalue weighted by Crippen LogP contribution is 2.37. The van der Waals surface area contributed by atoms with Gasteiger partial charge in [0.1, 0.15) is 5.82 Å². The molecule has 0 bridgehead atoms. The molecule has 9 heteroatoms. The smallest absolute Gasteiger partial charge is 0.253 e. The fourth-order valence-electron chi connectivity index (χ4n) is 2.82. The van der Waals surface area contributed by atoms with E-state index in [2.05, 4.69) is 5.32 Å². The van der Waals surface area contributed by atoms with E-state index in [1.165, 1.54) is 44.6 Å². The van der Waals surface area contributed by atoms with Crippen molar-refractivity contribution in [2.24, 2.45) is 0 Å². The number of anilines is 1. The fourth-order valence-corrected chi connectivity index (χ4v) is 3.70. The second-order valence-corrected chi connectivity index (χ2v) is 8.77. The van der Waals surface area contributed by atoms with Gasteiger partial charge in [-0.1, -0.05) is 25.1 Å². The number of rotatable bonds is 9. The van der Waals surface area contributed by atoms with E-state index in [0.717, 1.165) is 10.6 Å². The van der Waals surface area contributed by atoms with Gasteiger partial charge in [-0.2, -0.15) is 0 Å². The molecule has 0 aromatic heterocycles. The van der Waals surface area contributed by atoms with Crippen LogP contribution < -0.4 is 19.1 Å². The Labute approximate surface area is 176 Å². The van der Waals surface area contributed by atoms with Crippen LogP contribution >= 0.6 is 0 Å². The van der Waals surface area contributed by atoms with E-state index in [9.17, 15) is 17.6 Å². The van der Waals surface area contributed by atoms with E-state index in [1.807, 2.05) is 13.8 Å². The molecule has 164 valence electrons. The summed E-state index contributed by atoms with van der Waals surface area (Å²) in [5.74, 6) is -0.496. The molecule has 2 rings (SSSR count). The lowest BCUT2D eigenvalue weighted by Gasteiger charge is -2.26. The number of hydrogen-bond donors (Lipinski definition) is 1. The van der Waals surface area contributed by atoms with Crippen LogP contribution in [-0.4, -0.2) is 40.8 Å². The molecule has 0 unspecified atom stereocenters. The number of methoxy groups -OCH3 is 2. The lowest BCUT2D eigenvalue weighted by atomic mass is 10.1. The van der Waals surface area contributed by atoms with E-state index >= 15 is 0 Å². The van der Waals surface area contributed by atoms with Crippen LogP contribution in [0.5, 0.6) is 11.5 Å². The van der Waals surface area contributed by atoms with Crippen molar-refractivity contribution in [3.63, 3.8) is 0 Å². The molecule has 2 aromatic rings. The molecule has 0 aliphatic carbocycles. The number of halogens is 1. The fraction of sp³-hybridized carbons (Fsp3) is 0.381. The highest BCUT2D eigenvalue weighted by Gasteiger charge is 2.27. The minimum absolute atomic E-state index is 0.0687. The Morgan fingerprint density at radius 3 is 2.30 bits per heavy atom. The monoisotopic (exact) mass is 438 g/mol. The molecule has 7 nitrogen and oxygen atoms in total. The van der Waals surface area contributed by atoms with Crippen molar-refractivity contribution >= 4 is 21.6 Å². The van der Waals surface area contributed by atoms with Crippen LogP contribution in [0.15, 0.2) is 36.4 Å². The number of benzene rings is 2. The summed E-state index contributed by atoms with van der Waals surface area (Å²) in [4.78, 5) is 13.0. The van der Waals surface area contributed by atoms with Gasteiger partial charge in [-0.3, -0.25) is 9.10 Å². The Balaban J connectivity index is 2.68. The number of nitrogens with zero attached hydrogens (tertiary/aromatic N) is 1. The van der Waals surface area contributed by atoms with Crippen molar-refractivity contribution in [1.29, 1.82) is 0 Å². The topological polar surface area (TPSA) is 84.9 Å². The summed E-state index contributed by atoms with van der Waals surface area (Å²) in [6.45, 7) is 3.47. The first-order valence-corrected chi connectivity index (χ1v) is 11.2. The standard InChI is InChI=1S/C21H27FN2O5S/c1-6-14(2)23-21(25)16-11-19(28-3)20(29-4)12-18(16)24(30(5,26)27)13-15-9-7-8-10-17(15)22/h7-12,14H,6,13H2,1-5H3,(H,23,25)/t14-/m0/s1. The van der Waals surface area contributed by atoms with E-state index in [0.29, 0.717) is 6.42 Å². The number of carbonyl (C=O) groups is 1. The summed E-state index contributed by atoms with van der Waals surface area (Å²) in [5.41, 5.74) is 0.319. The molecular weight excluding hydrogens is 411 g/mol. The largest absolute Gasteiger partial charge is 0.493 e. The first-order chi connectivity index (χ1) is 14.1. The highest BCUT2D eigenvalue weighted by atomic mass is 32.2. The summed E-state index contributed by atoms with van der Waals surface area (Å²) < 4.78 is 51.1. The maximum absolute atomic E-state index is 14.2. The molecule has 0 heterocycles. The van der Waals surface area contributed by atoms with Crippen LogP contribution in [0.1, 0.15) is 36.2 Å². The molecule has 0 saturated carbocycles. The van der Waals surface area contributed by atoms with Crippen LogP contribution in [0.2, 0.25) is 0 Å². The van der Waals surface area contributed by atoms with Gasteiger partial charge in [0.15, 0.2) is 11.5 Å². The average molecular weight is 439 g/mol. The molecule has 0 aliphatic rings. The Morgan fingerprint density at radius 2 is 1.77 bits per heavy atom. The predicted molar refractivity (Wildman–Crippen MR) is 114 cm³/mol. The third-order valence-corrected chi connectivity index (χ3v) is 5.80. The van der Waals surface area contributed by atoms with Crippen molar-refractivity contribution in [2.45, 2.75) is 32.9 Å². The van der Waals surface area contributed by atoms with Crippen molar-refractivity contribution in [2.75, 3.05) is 24.8 Å². The van der Waals surface area contributed by atoms with Crippen LogP contribution in [0.3, 0.4) is 0 Å². The minimum Gasteiger partial charge on any atom is -0.493 e. The van der Waals surface area contributed by atoms with Crippen molar-refractivity contribution in [3.8, 4) is 11.5 Å². The predicted octanol–water partition coefficient (Wildman–Crippen LogP) is 3.34. The first kappa shape index (κ1) is 23.5. The number of amides is 1. The van der Waals surface area contributed by atoms with Crippen molar-refractivity contribution in [3.05, 3.63) is 53.3 Å². The molecule has 0 saturated heterocycles. The number of hydrogen-bond acceptors (Lipinski definition) is 5. The van der Waals surface area contributed by atoms with E-state index in [1.54, 1.807) is 6.07 Å². The van der Waals surface area contributed by atoms with Gasteiger partial charge in [0.2, 0.25) is 10.0 Å². The lowest BCUT2D eigenvalue weighted by Crippen LogP contribution is -2.35. The van der Waals surface area contributed by atoms with Crippen molar-refractivity contribution < 1.29 is 27.1 Å². The third kappa shape index (κ3) is 5.41. The van der Waals surface area contributed by atoms with Crippen molar-refractivity contribution in [1.82, 2.24) is 5.32 Å². The summed E-state index contributed by atoms with van der Waals surface area (Å²) in [5, 5.41) is 2.83. The van der Waals surface area contributed by atoms with Gasteiger partial charge < -0.3 is 14.8 Å². The van der Waals surface area contributed by atoms with Crippen LogP contribution in [0, 0.1) is 5.82 Å². The molecule has 30 heavy (non-hydrogen) atoms. The average Bonchev–Trinajstić information content (AvgIpc) is 2.71. The zero-order chi connectivity index (χ0) is 22.5. The quantitative estimate of drug-likeness (QED) is 0.649. The second-order valence-electron chi connectivity index (χ2n) is 6.87. The molecule has 0 fully saturated rings. The maximum atomic E-state index is 14.2. The van der Waals surface area contributed by atoms with Crippen LogP contribution in [0.25, 0.3) is 0 Å². The van der Waals surface area contributed by atoms with Crippen LogP contribution in [-0.2, 0) is 16.6 Å². The van der Waals surface area contributed by atoms with E-state index in [4.69, 9.17) is 9.47 Å². The molecule has 0 aliphatic heterocycles. The van der Waals surface area contributed by atoms with Gasteiger partial charge in [-0.05, 0) is 25.5 Å². The first-order valence-electron chi connectivity index (χ1n) is 9.40. The molecular formula is C21H27FN2O5S. The maximum Gasteiger partial charge on any atom is 0.253 e. The summed E-state index contributed by atoms with van der Waals surface area (Å²) in [6, 6.07) is 8.58. The van der Waals surface area contributed by atoms with Gasteiger partial charge >= 0.3 is 0 Å². The normalized spacial score (nSPS) is 12.2. The van der Waals surface area contributed by atoms with E-state index in [-0.39, 0.29) is 40.9 Å². The van der Waals surface area contributed by atoms with Gasteiger partial charge in [0.25, 0.3) is 5.91 Å². The number of sulfonamides is 1. The molecule has 1 N–H and O–H groups in total. The zero-order valence-corrected chi connectivity index (χ0v) is 18.5. The molecule has 1 amide bonds. The van der Waals surface area contributed by atoms with Crippen LogP contribution in [0.4, 0.5) is 10.1 Å². The minimum atomic E-state index is -3.88. The SMILES string of the molecule is CC[C@H](C)NC(=O)c1cc(OC)c(OC)cc1N(Cc1ccccc1F)S(C)(=O)=O. The number of ether oxygens (including phenoxy) is 2. The summed E-state index contributed by atoms with van der Waals surface area (Å²) in [6.07, 6.45) is 1.69. The number of carbonyl (C=O) groups excluding carboxylic acids is 1. The second kappa shape index (κ2) is 9.80. The highest BCUT2D eigenvalue weighted by molar-refractivity contribution is 7.92. The summed E-state index contributed by atoms with van der Waals surface area (Å²) in [7, 11) is -1.05. The molecule has 0 spiro atoms. The van der Waals surface area contributed by atoms with Gasteiger partial charge in [-0.25, -0.2) is 12.8 Å². The van der Waals surface area contributed by atoms with Gasteiger partial charge in [0.05, 0.1) is 38.3 Å². The Hall–Kier alpha value is -2.81. The molecule has 2 aromatic carbocycles. The Kier molecular flexibility index (Phi) is 7.66.